The number of aliphatic hydroxyl groups excluding tert-OH is 3. The first-order valence-corrected chi connectivity index (χ1v) is 10.6. The maximum Gasteiger partial charge on any atom is 0.333 e. The minimum Gasteiger partial charge on any atom is -0.429 e. The number of aliphatic hydroxyl groups is 3. The summed E-state index contributed by atoms with van der Waals surface area (Å²) in [6.07, 6.45) is 10.7. The van der Waals surface area contributed by atoms with Crippen molar-refractivity contribution in [2.75, 3.05) is 0 Å². The van der Waals surface area contributed by atoms with Crippen molar-refractivity contribution in [3.8, 4) is 0 Å². The molecule has 4 atom stereocenters. The van der Waals surface area contributed by atoms with Gasteiger partial charge in [-0.2, -0.15) is 0 Å². The van der Waals surface area contributed by atoms with Crippen molar-refractivity contribution >= 4 is 11.8 Å². The first-order chi connectivity index (χ1) is 14.1. The molecule has 0 amide bonds. The van der Waals surface area contributed by atoms with Crippen LogP contribution >= 0.6 is 0 Å². The van der Waals surface area contributed by atoms with Crippen LogP contribution in [0.15, 0.2) is 47.1 Å². The molecule has 0 spiro atoms. The molecule has 0 saturated carbocycles. The van der Waals surface area contributed by atoms with Crippen LogP contribution in [0.4, 0.5) is 0 Å². The molecule has 0 fully saturated rings. The Morgan fingerprint density at radius 2 is 1.93 bits per heavy atom. The maximum atomic E-state index is 11.1. The molecule has 168 valence electrons. The van der Waals surface area contributed by atoms with Gasteiger partial charge in [0.15, 0.2) is 5.78 Å². The third-order valence-electron chi connectivity index (χ3n) is 5.13. The largest absolute Gasteiger partial charge is 0.429 e. The molecular formula is C24H36O6. The Kier molecular flexibility index (Phi) is 11.5. The molecule has 1 rings (SSSR count). The van der Waals surface area contributed by atoms with Crippen LogP contribution in [-0.4, -0.2) is 45.6 Å². The van der Waals surface area contributed by atoms with Gasteiger partial charge in [-0.15, -0.1) is 0 Å². The summed E-state index contributed by atoms with van der Waals surface area (Å²) < 4.78 is 4.67. The number of ether oxygens (including phenoxy) is 1. The van der Waals surface area contributed by atoms with Crippen molar-refractivity contribution in [3.05, 3.63) is 47.1 Å². The van der Waals surface area contributed by atoms with Crippen LogP contribution in [0.2, 0.25) is 0 Å². The first-order valence-electron chi connectivity index (χ1n) is 10.6. The fraction of sp³-hybridized carbons (Fsp3) is 0.583. The summed E-state index contributed by atoms with van der Waals surface area (Å²) in [7, 11) is 0. The average Bonchev–Trinajstić information content (AvgIpc) is 2.98. The van der Waals surface area contributed by atoms with Crippen LogP contribution in [0.25, 0.3) is 0 Å². The average molecular weight is 421 g/mol. The highest BCUT2D eigenvalue weighted by Gasteiger charge is 2.22. The van der Waals surface area contributed by atoms with Gasteiger partial charge in [0.05, 0.1) is 6.10 Å². The molecule has 0 aromatic rings. The predicted molar refractivity (Wildman–Crippen MR) is 116 cm³/mol. The van der Waals surface area contributed by atoms with E-state index in [9.17, 15) is 24.9 Å². The molecule has 0 aromatic heterocycles. The third-order valence-corrected chi connectivity index (χ3v) is 5.13. The summed E-state index contributed by atoms with van der Waals surface area (Å²) in [5.74, 6) is -0.501. The number of carbonyl (C=O) groups excluding carboxylic acids is 2. The Morgan fingerprint density at radius 1 is 1.23 bits per heavy atom. The molecule has 1 heterocycles. The Bertz CT molecular complexity index is 700. The summed E-state index contributed by atoms with van der Waals surface area (Å²) >= 11 is 0. The van der Waals surface area contributed by atoms with Crippen LogP contribution in [0, 0.1) is 5.92 Å². The highest BCUT2D eigenvalue weighted by atomic mass is 16.6. The van der Waals surface area contributed by atoms with E-state index in [1.807, 2.05) is 13.0 Å². The van der Waals surface area contributed by atoms with Gasteiger partial charge < -0.3 is 20.1 Å². The van der Waals surface area contributed by atoms with Crippen molar-refractivity contribution in [3.63, 3.8) is 0 Å². The summed E-state index contributed by atoms with van der Waals surface area (Å²) in [5, 5.41) is 28.9. The van der Waals surface area contributed by atoms with Gasteiger partial charge >= 0.3 is 5.97 Å². The quantitative estimate of drug-likeness (QED) is 0.239. The monoisotopic (exact) mass is 420 g/mol. The zero-order chi connectivity index (χ0) is 22.7. The van der Waals surface area contributed by atoms with Gasteiger partial charge in [-0.25, -0.2) is 4.79 Å². The van der Waals surface area contributed by atoms with Crippen LogP contribution in [0.1, 0.15) is 66.2 Å². The second-order valence-electron chi connectivity index (χ2n) is 8.19. The smallest absolute Gasteiger partial charge is 0.333 e. The number of esters is 1. The fourth-order valence-electron chi connectivity index (χ4n) is 3.19. The Labute approximate surface area is 179 Å². The topological polar surface area (TPSA) is 104 Å². The van der Waals surface area contributed by atoms with Gasteiger partial charge in [0.1, 0.15) is 6.10 Å². The molecule has 0 radical (unpaired) electrons. The summed E-state index contributed by atoms with van der Waals surface area (Å²) in [4.78, 5) is 22.2. The molecule has 0 aliphatic carbocycles. The Hall–Kier alpha value is -2.02. The van der Waals surface area contributed by atoms with E-state index in [4.69, 9.17) is 0 Å². The molecular weight excluding hydrogens is 384 g/mol. The Morgan fingerprint density at radius 3 is 2.53 bits per heavy atom. The molecule has 6 heteroatoms. The lowest BCUT2D eigenvalue weighted by molar-refractivity contribution is -0.151. The number of rotatable bonds is 13. The van der Waals surface area contributed by atoms with E-state index >= 15 is 0 Å². The predicted octanol–water partition coefficient (Wildman–Crippen LogP) is 3.52. The number of hydrogen-bond acceptors (Lipinski definition) is 6. The van der Waals surface area contributed by atoms with E-state index in [1.54, 1.807) is 0 Å². The molecule has 3 N–H and O–H groups in total. The van der Waals surface area contributed by atoms with Gasteiger partial charge in [0, 0.05) is 11.6 Å². The maximum absolute atomic E-state index is 11.1. The standard InChI is InChI=1S/C24H36O6/c1-16(10-6-12-18(3)14-21(26)23(28)19(4)25)8-5-9-17(2)11-7-13-20-15-22(27)30-24(20)29/h5,8-9,12,15-16,21,23-24,26,28-29H,6-7,10-11,13-14H2,1-4H3/b8-5+,17-9+,18-12-/t16-,21?,23?,24?/m1/s1. The van der Waals surface area contributed by atoms with Crippen LogP contribution in [-0.2, 0) is 14.3 Å². The number of allylic oxidation sites excluding steroid dienone is 5. The normalized spacial score (nSPS) is 20.8. The lowest BCUT2D eigenvalue weighted by atomic mass is 9.99. The van der Waals surface area contributed by atoms with Crippen molar-refractivity contribution in [1.29, 1.82) is 0 Å². The minimum atomic E-state index is -1.32. The molecule has 6 nitrogen and oxygen atoms in total. The van der Waals surface area contributed by atoms with E-state index in [2.05, 4.69) is 36.8 Å². The first kappa shape index (κ1) is 26.0. The van der Waals surface area contributed by atoms with Crippen molar-refractivity contribution in [1.82, 2.24) is 0 Å². The lowest BCUT2D eigenvalue weighted by Crippen LogP contribution is -2.32. The van der Waals surface area contributed by atoms with E-state index in [-0.39, 0.29) is 0 Å². The number of cyclic esters (lactones) is 1. The van der Waals surface area contributed by atoms with Gasteiger partial charge in [0.2, 0.25) is 6.29 Å². The second kappa shape index (κ2) is 13.3. The van der Waals surface area contributed by atoms with Gasteiger partial charge in [-0.3, -0.25) is 4.79 Å². The number of ketones is 1. The zero-order valence-corrected chi connectivity index (χ0v) is 18.5. The summed E-state index contributed by atoms with van der Waals surface area (Å²) in [6, 6.07) is 0. The highest BCUT2D eigenvalue weighted by molar-refractivity contribution is 5.85. The second-order valence-corrected chi connectivity index (χ2v) is 8.19. The number of carbonyl (C=O) groups is 2. The van der Waals surface area contributed by atoms with Crippen LogP contribution < -0.4 is 0 Å². The highest BCUT2D eigenvalue weighted by Crippen LogP contribution is 2.20. The Balaban J connectivity index is 2.29. The molecule has 3 unspecified atom stereocenters. The molecule has 30 heavy (non-hydrogen) atoms. The van der Waals surface area contributed by atoms with Gasteiger partial charge in [-0.05, 0) is 65.2 Å². The minimum absolute atomic E-state index is 0.293. The SMILES string of the molecule is CC(=O)C(O)C(O)C/C(C)=C\CC[C@H](C)/C=C/C=C(\C)CCCC1=CC(=O)OC1O. The molecule has 1 aliphatic rings. The number of hydrogen-bond donors (Lipinski definition) is 3. The number of Topliss-reactive ketones (excluding diaryl/α,β-unsaturated/α-hetero) is 1. The lowest BCUT2D eigenvalue weighted by Gasteiger charge is -2.15. The van der Waals surface area contributed by atoms with Crippen molar-refractivity contribution < 1.29 is 29.6 Å². The molecule has 0 aromatic carbocycles. The molecule has 0 bridgehead atoms. The van der Waals surface area contributed by atoms with Crippen molar-refractivity contribution in [2.45, 2.75) is 84.7 Å². The van der Waals surface area contributed by atoms with Crippen molar-refractivity contribution in [2.24, 2.45) is 5.92 Å². The fourth-order valence-corrected chi connectivity index (χ4v) is 3.19. The zero-order valence-electron chi connectivity index (χ0n) is 18.5. The van der Waals surface area contributed by atoms with E-state index < -0.39 is 30.3 Å². The van der Waals surface area contributed by atoms with E-state index in [0.29, 0.717) is 24.3 Å². The molecule has 1 aliphatic heterocycles. The summed E-state index contributed by atoms with van der Waals surface area (Å²) in [6.45, 7) is 7.36. The third kappa shape index (κ3) is 10.1. The van der Waals surface area contributed by atoms with Crippen LogP contribution in [0.3, 0.4) is 0 Å². The van der Waals surface area contributed by atoms with Gasteiger partial charge in [0.25, 0.3) is 0 Å². The molecule has 0 saturated heterocycles. The van der Waals surface area contributed by atoms with Gasteiger partial charge in [-0.1, -0.05) is 42.4 Å². The summed E-state index contributed by atoms with van der Waals surface area (Å²) in [5.41, 5.74) is 2.83. The van der Waals surface area contributed by atoms with Crippen LogP contribution in [0.5, 0.6) is 0 Å². The van der Waals surface area contributed by atoms with E-state index in [0.717, 1.165) is 31.3 Å². The van der Waals surface area contributed by atoms with E-state index in [1.165, 1.54) is 18.6 Å².